The van der Waals surface area contributed by atoms with E-state index in [2.05, 4.69) is 5.32 Å². The molecule has 0 unspecified atom stereocenters. The lowest BCUT2D eigenvalue weighted by Crippen LogP contribution is -2.41. The van der Waals surface area contributed by atoms with Crippen molar-refractivity contribution >= 4 is 21.6 Å². The lowest BCUT2D eigenvalue weighted by atomic mass is 10.1. The molecule has 0 aliphatic carbocycles. The van der Waals surface area contributed by atoms with Crippen molar-refractivity contribution in [1.82, 2.24) is 5.32 Å². The van der Waals surface area contributed by atoms with Crippen LogP contribution >= 0.6 is 0 Å². The summed E-state index contributed by atoms with van der Waals surface area (Å²) < 4.78 is 77.6. The fourth-order valence-corrected chi connectivity index (χ4v) is 5.05. The SMILES string of the molecule is COc1ccc(CCCNC(=O)CN(c2cccc(C(F)(F)F)c2)S(=O)(=O)c2ccccc2)cc1OC. The predicted octanol–water partition coefficient (Wildman–Crippen LogP) is 4.67. The molecule has 0 spiro atoms. The number of nitrogens with one attached hydrogen (secondary N) is 1. The average molecular weight is 537 g/mol. The third kappa shape index (κ3) is 7.16. The van der Waals surface area contributed by atoms with Gasteiger partial charge in [-0.25, -0.2) is 8.42 Å². The fourth-order valence-electron chi connectivity index (χ4n) is 3.61. The molecule has 198 valence electrons. The molecule has 0 radical (unpaired) electrons. The molecule has 3 aromatic carbocycles. The zero-order valence-corrected chi connectivity index (χ0v) is 21.1. The van der Waals surface area contributed by atoms with Crippen LogP contribution in [0.15, 0.2) is 77.7 Å². The highest BCUT2D eigenvalue weighted by Crippen LogP contribution is 2.33. The summed E-state index contributed by atoms with van der Waals surface area (Å²) in [5.74, 6) is 0.518. The molecule has 1 amide bonds. The fraction of sp³-hybridized carbons (Fsp3) is 0.269. The second-order valence-corrected chi connectivity index (χ2v) is 9.88. The third-order valence-corrected chi connectivity index (χ3v) is 7.28. The van der Waals surface area contributed by atoms with Crippen molar-refractivity contribution in [1.29, 1.82) is 0 Å². The van der Waals surface area contributed by atoms with Gasteiger partial charge in [-0.2, -0.15) is 13.2 Å². The van der Waals surface area contributed by atoms with E-state index in [1.807, 2.05) is 12.1 Å². The highest BCUT2D eigenvalue weighted by Gasteiger charge is 2.33. The van der Waals surface area contributed by atoms with E-state index in [-0.39, 0.29) is 17.1 Å². The van der Waals surface area contributed by atoms with Gasteiger partial charge in [0.15, 0.2) is 11.5 Å². The highest BCUT2D eigenvalue weighted by molar-refractivity contribution is 7.92. The number of carbonyl (C=O) groups is 1. The Balaban J connectivity index is 1.73. The molecule has 0 fully saturated rings. The molecule has 0 heterocycles. The number of benzene rings is 3. The maximum Gasteiger partial charge on any atom is 0.416 e. The number of aryl methyl sites for hydroxylation is 1. The van der Waals surface area contributed by atoms with Gasteiger partial charge in [-0.1, -0.05) is 30.3 Å². The summed E-state index contributed by atoms with van der Waals surface area (Å²) in [5, 5.41) is 2.65. The Morgan fingerprint density at radius 1 is 0.919 bits per heavy atom. The Kier molecular flexibility index (Phi) is 9.04. The van der Waals surface area contributed by atoms with Gasteiger partial charge in [0.05, 0.1) is 30.4 Å². The van der Waals surface area contributed by atoms with Crippen molar-refractivity contribution in [3.63, 3.8) is 0 Å². The van der Waals surface area contributed by atoms with E-state index in [0.29, 0.717) is 34.7 Å². The van der Waals surface area contributed by atoms with E-state index in [1.54, 1.807) is 12.1 Å². The molecule has 0 bridgehead atoms. The maximum absolute atomic E-state index is 13.3. The second kappa shape index (κ2) is 12.0. The average Bonchev–Trinajstić information content (AvgIpc) is 2.89. The number of anilines is 1. The number of methoxy groups -OCH3 is 2. The van der Waals surface area contributed by atoms with Gasteiger partial charge in [-0.05, 0) is 60.9 Å². The quantitative estimate of drug-likeness (QED) is 0.360. The number of ether oxygens (including phenoxy) is 2. The van der Waals surface area contributed by atoms with Crippen molar-refractivity contribution in [2.24, 2.45) is 0 Å². The monoisotopic (exact) mass is 536 g/mol. The molecule has 3 aromatic rings. The van der Waals surface area contributed by atoms with Gasteiger partial charge >= 0.3 is 6.18 Å². The molecule has 11 heteroatoms. The van der Waals surface area contributed by atoms with Crippen molar-refractivity contribution in [3.8, 4) is 11.5 Å². The van der Waals surface area contributed by atoms with Gasteiger partial charge in [0.25, 0.3) is 10.0 Å². The van der Waals surface area contributed by atoms with Crippen LogP contribution in [0.4, 0.5) is 18.9 Å². The van der Waals surface area contributed by atoms with Gasteiger partial charge in [0, 0.05) is 6.54 Å². The number of sulfonamides is 1. The van der Waals surface area contributed by atoms with E-state index >= 15 is 0 Å². The normalized spacial score (nSPS) is 11.6. The van der Waals surface area contributed by atoms with Gasteiger partial charge < -0.3 is 14.8 Å². The number of amides is 1. The summed E-state index contributed by atoms with van der Waals surface area (Å²) in [6.45, 7) is -0.454. The Labute approximate surface area is 213 Å². The lowest BCUT2D eigenvalue weighted by Gasteiger charge is -2.25. The van der Waals surface area contributed by atoms with Gasteiger partial charge in [-0.15, -0.1) is 0 Å². The molecule has 3 rings (SSSR count). The molecule has 0 atom stereocenters. The minimum Gasteiger partial charge on any atom is -0.493 e. The molecular weight excluding hydrogens is 509 g/mol. The highest BCUT2D eigenvalue weighted by atomic mass is 32.2. The summed E-state index contributed by atoms with van der Waals surface area (Å²) >= 11 is 0. The zero-order valence-electron chi connectivity index (χ0n) is 20.3. The van der Waals surface area contributed by atoms with Crippen LogP contribution in [0.1, 0.15) is 17.5 Å². The standard InChI is InChI=1S/C26H27F3N2O5S/c1-35-23-14-13-19(16-24(23)36-2)8-7-15-30-25(32)18-31(37(33,34)22-11-4-3-5-12-22)21-10-6-9-20(17-21)26(27,28)29/h3-6,9-14,16-17H,7-8,15,18H2,1-2H3,(H,30,32). The van der Waals surface area contributed by atoms with E-state index in [0.717, 1.165) is 17.7 Å². The first kappa shape index (κ1) is 27.9. The molecule has 0 aromatic heterocycles. The van der Waals surface area contributed by atoms with E-state index in [9.17, 15) is 26.4 Å². The van der Waals surface area contributed by atoms with Crippen LogP contribution in [0.5, 0.6) is 11.5 Å². The largest absolute Gasteiger partial charge is 0.493 e. The topological polar surface area (TPSA) is 84.9 Å². The summed E-state index contributed by atoms with van der Waals surface area (Å²) in [6.07, 6.45) is -3.54. The predicted molar refractivity (Wildman–Crippen MR) is 133 cm³/mol. The number of alkyl halides is 3. The molecule has 37 heavy (non-hydrogen) atoms. The Hall–Kier alpha value is -3.73. The summed E-state index contributed by atoms with van der Waals surface area (Å²) in [6, 6.07) is 16.6. The zero-order chi connectivity index (χ0) is 27.1. The first-order valence-corrected chi connectivity index (χ1v) is 12.7. The van der Waals surface area contributed by atoms with Crippen molar-refractivity contribution < 1.29 is 35.9 Å². The Bertz CT molecular complexity index is 1320. The van der Waals surface area contributed by atoms with Crippen LogP contribution in [-0.4, -0.2) is 41.6 Å². The summed E-state index contributed by atoms with van der Waals surface area (Å²) in [5.41, 5.74) is -0.336. The lowest BCUT2D eigenvalue weighted by molar-refractivity contribution is -0.137. The molecular formula is C26H27F3N2O5S. The molecule has 0 saturated carbocycles. The molecule has 7 nitrogen and oxygen atoms in total. The van der Waals surface area contributed by atoms with Crippen LogP contribution in [-0.2, 0) is 27.4 Å². The number of carbonyl (C=O) groups excluding carboxylic acids is 1. The summed E-state index contributed by atoms with van der Waals surface area (Å²) in [7, 11) is -1.26. The van der Waals surface area contributed by atoms with Gasteiger partial charge in [-0.3, -0.25) is 9.10 Å². The number of rotatable bonds is 11. The minimum absolute atomic E-state index is 0.145. The van der Waals surface area contributed by atoms with Crippen LogP contribution in [0.25, 0.3) is 0 Å². The van der Waals surface area contributed by atoms with E-state index in [4.69, 9.17) is 9.47 Å². The number of hydrogen-bond donors (Lipinski definition) is 1. The first-order chi connectivity index (χ1) is 17.6. The Morgan fingerprint density at radius 3 is 2.27 bits per heavy atom. The van der Waals surface area contributed by atoms with Crippen molar-refractivity contribution in [3.05, 3.63) is 83.9 Å². The van der Waals surface area contributed by atoms with Crippen LogP contribution < -0.4 is 19.1 Å². The molecule has 0 aliphatic rings. The van der Waals surface area contributed by atoms with Crippen molar-refractivity contribution in [2.75, 3.05) is 31.6 Å². The minimum atomic E-state index is -4.68. The Morgan fingerprint density at radius 2 is 1.62 bits per heavy atom. The van der Waals surface area contributed by atoms with E-state index in [1.165, 1.54) is 44.6 Å². The molecule has 0 saturated heterocycles. The number of hydrogen-bond acceptors (Lipinski definition) is 5. The number of nitrogens with zero attached hydrogens (tertiary/aromatic N) is 1. The first-order valence-electron chi connectivity index (χ1n) is 11.3. The smallest absolute Gasteiger partial charge is 0.416 e. The molecule has 0 aliphatic heterocycles. The second-order valence-electron chi connectivity index (χ2n) is 8.02. The third-order valence-electron chi connectivity index (χ3n) is 5.49. The van der Waals surface area contributed by atoms with Crippen LogP contribution in [0.3, 0.4) is 0 Å². The summed E-state index contributed by atoms with van der Waals surface area (Å²) in [4.78, 5) is 12.6. The number of halogens is 3. The van der Waals surface area contributed by atoms with Gasteiger partial charge in [0.2, 0.25) is 5.91 Å². The maximum atomic E-state index is 13.3. The molecule has 1 N–H and O–H groups in total. The van der Waals surface area contributed by atoms with E-state index < -0.39 is 34.2 Å². The van der Waals surface area contributed by atoms with Gasteiger partial charge in [0.1, 0.15) is 6.54 Å². The van der Waals surface area contributed by atoms with Crippen LogP contribution in [0.2, 0.25) is 0 Å². The van der Waals surface area contributed by atoms with Crippen molar-refractivity contribution in [2.45, 2.75) is 23.9 Å². The van der Waals surface area contributed by atoms with Crippen LogP contribution in [0, 0.1) is 0 Å².